The van der Waals surface area contributed by atoms with Crippen LogP contribution in [0, 0.1) is 11.3 Å². The Bertz CT molecular complexity index is 723. The molecule has 0 amide bonds. The van der Waals surface area contributed by atoms with E-state index in [2.05, 4.69) is 0 Å². The SMILES string of the molecule is CC(C)(C)OC(=O)/C(C#N)=C/C=C(\Cl)c1cccc(C(F)(F)F)c1. The molecule has 0 aliphatic rings. The Morgan fingerprint density at radius 2 is 1.88 bits per heavy atom. The number of allylic oxidation sites excluding steroid dienone is 2. The van der Waals surface area contributed by atoms with Gasteiger partial charge in [0, 0.05) is 5.03 Å². The number of ether oxygens (including phenoxy) is 1. The second-order valence-electron chi connectivity index (χ2n) is 5.79. The highest BCUT2D eigenvalue weighted by atomic mass is 35.5. The predicted octanol–water partition coefficient (Wildman–Crippen LogP) is 5.08. The van der Waals surface area contributed by atoms with Gasteiger partial charge < -0.3 is 4.74 Å². The van der Waals surface area contributed by atoms with Crippen LogP contribution in [0.1, 0.15) is 31.9 Å². The standard InChI is InChI=1S/C17H15ClF3NO2/c1-16(2,3)24-15(23)12(10-22)7-8-14(18)11-5-4-6-13(9-11)17(19,20)21/h4-9H,1-3H3/b12-7+,14-8-. The largest absolute Gasteiger partial charge is 0.456 e. The van der Waals surface area contributed by atoms with Crippen molar-refractivity contribution in [1.29, 1.82) is 5.26 Å². The van der Waals surface area contributed by atoms with Crippen LogP contribution in [0.5, 0.6) is 0 Å². The summed E-state index contributed by atoms with van der Waals surface area (Å²) in [6.45, 7) is 4.93. The van der Waals surface area contributed by atoms with E-state index in [1.165, 1.54) is 18.2 Å². The molecule has 0 aromatic heterocycles. The molecular formula is C17H15ClF3NO2. The lowest BCUT2D eigenvalue weighted by Crippen LogP contribution is -2.24. The van der Waals surface area contributed by atoms with Crippen LogP contribution in [0.4, 0.5) is 13.2 Å². The topological polar surface area (TPSA) is 50.1 Å². The first-order valence-electron chi connectivity index (χ1n) is 6.82. The predicted molar refractivity (Wildman–Crippen MR) is 84.8 cm³/mol. The van der Waals surface area contributed by atoms with Gasteiger partial charge in [-0.1, -0.05) is 23.7 Å². The van der Waals surface area contributed by atoms with E-state index in [1.54, 1.807) is 26.8 Å². The molecular weight excluding hydrogens is 343 g/mol. The van der Waals surface area contributed by atoms with Gasteiger partial charge in [-0.2, -0.15) is 18.4 Å². The lowest BCUT2D eigenvalue weighted by atomic mass is 10.1. The number of nitriles is 1. The van der Waals surface area contributed by atoms with Crippen molar-refractivity contribution in [2.45, 2.75) is 32.5 Å². The van der Waals surface area contributed by atoms with Gasteiger partial charge in [0.15, 0.2) is 0 Å². The van der Waals surface area contributed by atoms with Gasteiger partial charge in [-0.05, 0) is 50.6 Å². The van der Waals surface area contributed by atoms with Gasteiger partial charge in [-0.3, -0.25) is 0 Å². The van der Waals surface area contributed by atoms with Gasteiger partial charge in [0.2, 0.25) is 0 Å². The zero-order valence-electron chi connectivity index (χ0n) is 13.2. The van der Waals surface area contributed by atoms with Crippen LogP contribution in [0.2, 0.25) is 0 Å². The number of carbonyl (C=O) groups is 1. The minimum absolute atomic E-state index is 0.0441. The molecule has 1 aromatic rings. The first-order chi connectivity index (χ1) is 10.9. The molecule has 0 saturated heterocycles. The summed E-state index contributed by atoms with van der Waals surface area (Å²) in [5.74, 6) is -0.838. The maximum atomic E-state index is 12.7. The van der Waals surface area contributed by atoms with Crippen molar-refractivity contribution in [2.75, 3.05) is 0 Å². The van der Waals surface area contributed by atoms with Crippen LogP contribution in [-0.4, -0.2) is 11.6 Å². The number of carbonyl (C=O) groups excluding carboxylic acids is 1. The Labute approximate surface area is 143 Å². The molecule has 0 bridgehead atoms. The van der Waals surface area contributed by atoms with Crippen LogP contribution in [0.25, 0.3) is 5.03 Å². The molecule has 0 saturated carbocycles. The molecule has 24 heavy (non-hydrogen) atoms. The number of benzene rings is 1. The van der Waals surface area contributed by atoms with Crippen molar-refractivity contribution in [3.8, 4) is 6.07 Å². The molecule has 0 aliphatic heterocycles. The Balaban J connectivity index is 3.08. The van der Waals surface area contributed by atoms with Gasteiger partial charge >= 0.3 is 12.1 Å². The van der Waals surface area contributed by atoms with E-state index in [9.17, 15) is 18.0 Å². The summed E-state index contributed by atoms with van der Waals surface area (Å²) in [5, 5.41) is 8.94. The third-order valence-corrected chi connectivity index (χ3v) is 2.95. The number of halogens is 4. The van der Waals surface area contributed by atoms with E-state index in [-0.39, 0.29) is 16.2 Å². The second-order valence-corrected chi connectivity index (χ2v) is 6.19. The smallest absolute Gasteiger partial charge is 0.416 e. The molecule has 0 heterocycles. The van der Waals surface area contributed by atoms with E-state index >= 15 is 0 Å². The van der Waals surface area contributed by atoms with Crippen LogP contribution in [-0.2, 0) is 15.7 Å². The van der Waals surface area contributed by atoms with Crippen molar-refractivity contribution in [2.24, 2.45) is 0 Å². The van der Waals surface area contributed by atoms with Crippen molar-refractivity contribution in [3.63, 3.8) is 0 Å². The number of esters is 1. The van der Waals surface area contributed by atoms with Crippen molar-refractivity contribution >= 4 is 22.6 Å². The number of alkyl halides is 3. The molecule has 7 heteroatoms. The molecule has 0 N–H and O–H groups in total. The first-order valence-corrected chi connectivity index (χ1v) is 7.20. The highest BCUT2D eigenvalue weighted by molar-refractivity contribution is 6.48. The minimum atomic E-state index is -4.49. The molecule has 0 radical (unpaired) electrons. The van der Waals surface area contributed by atoms with Crippen LogP contribution in [0.3, 0.4) is 0 Å². The maximum absolute atomic E-state index is 12.7. The highest BCUT2D eigenvalue weighted by Gasteiger charge is 2.30. The maximum Gasteiger partial charge on any atom is 0.416 e. The molecule has 3 nitrogen and oxygen atoms in total. The van der Waals surface area contributed by atoms with Crippen molar-refractivity contribution in [3.05, 3.63) is 53.1 Å². The third kappa shape index (κ3) is 6.09. The van der Waals surface area contributed by atoms with Gasteiger partial charge in [-0.15, -0.1) is 0 Å². The second kappa shape index (κ2) is 7.54. The summed E-state index contributed by atoms with van der Waals surface area (Å²) in [5.41, 5.74) is -1.82. The number of rotatable bonds is 3. The first kappa shape index (κ1) is 19.8. The molecule has 0 unspecified atom stereocenters. The summed E-state index contributed by atoms with van der Waals surface area (Å²) in [6.07, 6.45) is -2.20. The van der Waals surface area contributed by atoms with Crippen LogP contribution >= 0.6 is 11.6 Å². The molecule has 1 rings (SSSR count). The molecule has 0 atom stereocenters. The molecule has 0 spiro atoms. The molecule has 1 aromatic carbocycles. The van der Waals surface area contributed by atoms with Crippen molar-refractivity contribution < 1.29 is 22.7 Å². The molecule has 0 fully saturated rings. The average molecular weight is 358 g/mol. The zero-order chi connectivity index (χ0) is 18.5. The van der Waals surface area contributed by atoms with Gasteiger partial charge in [0.1, 0.15) is 17.2 Å². The Kier molecular flexibility index (Phi) is 6.22. The highest BCUT2D eigenvalue weighted by Crippen LogP contribution is 2.31. The van der Waals surface area contributed by atoms with E-state index in [0.717, 1.165) is 18.2 Å². The van der Waals surface area contributed by atoms with E-state index in [0.29, 0.717) is 0 Å². The minimum Gasteiger partial charge on any atom is -0.456 e. The normalized spacial score (nSPS) is 13.4. The summed E-state index contributed by atoms with van der Waals surface area (Å²) in [7, 11) is 0. The quantitative estimate of drug-likeness (QED) is 0.328. The van der Waals surface area contributed by atoms with Crippen LogP contribution in [0.15, 0.2) is 42.0 Å². The summed E-state index contributed by atoms with van der Waals surface area (Å²) in [4.78, 5) is 11.8. The number of hydrogen-bond donors (Lipinski definition) is 0. The monoisotopic (exact) mass is 357 g/mol. The molecule has 0 aliphatic carbocycles. The van der Waals surface area contributed by atoms with Crippen LogP contribution < -0.4 is 0 Å². The lowest BCUT2D eigenvalue weighted by Gasteiger charge is -2.18. The van der Waals surface area contributed by atoms with E-state index in [4.69, 9.17) is 21.6 Å². The van der Waals surface area contributed by atoms with Gasteiger partial charge in [0.25, 0.3) is 0 Å². The number of nitrogens with zero attached hydrogens (tertiary/aromatic N) is 1. The zero-order valence-corrected chi connectivity index (χ0v) is 14.0. The van der Waals surface area contributed by atoms with Gasteiger partial charge in [0.05, 0.1) is 5.56 Å². The van der Waals surface area contributed by atoms with Crippen molar-refractivity contribution in [1.82, 2.24) is 0 Å². The molecule has 128 valence electrons. The fraction of sp³-hybridized carbons (Fsp3) is 0.294. The summed E-state index contributed by atoms with van der Waals surface area (Å²) >= 11 is 5.95. The third-order valence-electron chi connectivity index (χ3n) is 2.60. The van der Waals surface area contributed by atoms with E-state index < -0.39 is 23.3 Å². The Hall–Kier alpha value is -2.26. The van der Waals surface area contributed by atoms with E-state index in [1.807, 2.05) is 0 Å². The summed E-state index contributed by atoms with van der Waals surface area (Å²) < 4.78 is 43.1. The van der Waals surface area contributed by atoms with Gasteiger partial charge in [-0.25, -0.2) is 4.79 Å². The Morgan fingerprint density at radius 1 is 1.25 bits per heavy atom. The fourth-order valence-corrected chi connectivity index (χ4v) is 1.76. The average Bonchev–Trinajstić information content (AvgIpc) is 2.45. The fourth-order valence-electron chi connectivity index (χ4n) is 1.58. The lowest BCUT2D eigenvalue weighted by molar-refractivity contribution is -0.149. The Morgan fingerprint density at radius 3 is 2.38 bits per heavy atom. The summed E-state index contributed by atoms with van der Waals surface area (Å²) in [6, 6.07) is 6.08. The number of hydrogen-bond acceptors (Lipinski definition) is 3.